The van der Waals surface area contributed by atoms with Crippen LogP contribution in [-0.4, -0.2) is 25.0 Å². The molecule has 4 nitrogen and oxygen atoms in total. The van der Waals surface area contributed by atoms with Gasteiger partial charge in [0.15, 0.2) is 0 Å². The van der Waals surface area contributed by atoms with E-state index in [2.05, 4.69) is 43.5 Å². The van der Waals surface area contributed by atoms with Crippen LogP contribution in [-0.2, 0) is 5.41 Å². The minimum absolute atomic E-state index is 0.0210. The Hall–Kier alpha value is -2.49. The Bertz CT molecular complexity index is 677. The molecule has 0 aliphatic carbocycles. The summed E-state index contributed by atoms with van der Waals surface area (Å²) < 4.78 is 5.98. The largest absolute Gasteiger partial charge is 0.489 e. The molecule has 2 aromatic carbocycles. The summed E-state index contributed by atoms with van der Waals surface area (Å²) in [4.78, 5) is 0. The van der Waals surface area contributed by atoms with Gasteiger partial charge in [0.1, 0.15) is 17.7 Å². The lowest BCUT2D eigenvalue weighted by molar-refractivity contribution is 0.223. The number of nitrogens with one attached hydrogen (secondary N) is 3. The fourth-order valence-corrected chi connectivity index (χ4v) is 2.39. The first kappa shape index (κ1) is 18.8. The number of hydrogen-bond acceptors (Lipinski definition) is 3. The van der Waals surface area contributed by atoms with Gasteiger partial charge in [-0.25, -0.2) is 0 Å². The van der Waals surface area contributed by atoms with Gasteiger partial charge < -0.3 is 15.4 Å². The van der Waals surface area contributed by atoms with E-state index in [-0.39, 0.29) is 11.5 Å². The van der Waals surface area contributed by atoms with E-state index in [1.54, 1.807) is 0 Å². The summed E-state index contributed by atoms with van der Waals surface area (Å²) in [6.07, 6.45) is -0.0210. The van der Waals surface area contributed by atoms with Gasteiger partial charge in [0.2, 0.25) is 0 Å². The number of rotatable bonds is 7. The summed E-state index contributed by atoms with van der Waals surface area (Å²) in [6.45, 7) is 9.65. The number of anilines is 1. The zero-order valence-electron chi connectivity index (χ0n) is 15.6. The molecule has 25 heavy (non-hydrogen) atoms. The van der Waals surface area contributed by atoms with Crippen molar-refractivity contribution in [2.75, 3.05) is 18.4 Å². The van der Waals surface area contributed by atoms with Crippen LogP contribution in [0.5, 0.6) is 5.75 Å². The lowest BCUT2D eigenvalue weighted by Gasteiger charge is -2.21. The van der Waals surface area contributed by atoms with Gasteiger partial charge in [-0.15, -0.1) is 0 Å². The number of hydrogen-bond donors (Lipinski definition) is 3. The smallest absolute Gasteiger partial charge is 0.120 e. The number of para-hydroxylation sites is 1. The second-order valence-electron chi connectivity index (χ2n) is 7.29. The van der Waals surface area contributed by atoms with E-state index >= 15 is 0 Å². The van der Waals surface area contributed by atoms with Crippen molar-refractivity contribution < 1.29 is 4.74 Å². The number of amidine groups is 1. The Morgan fingerprint density at radius 3 is 2.48 bits per heavy atom. The Morgan fingerprint density at radius 1 is 1.08 bits per heavy atom. The molecule has 0 saturated heterocycles. The van der Waals surface area contributed by atoms with Crippen LogP contribution in [0.2, 0.25) is 0 Å². The molecule has 0 aromatic heterocycles. The maximum Gasteiger partial charge on any atom is 0.120 e. The Labute approximate surface area is 151 Å². The van der Waals surface area contributed by atoms with Gasteiger partial charge in [-0.3, -0.25) is 5.41 Å². The van der Waals surface area contributed by atoms with E-state index in [1.807, 2.05) is 49.4 Å². The van der Waals surface area contributed by atoms with Gasteiger partial charge in [0.05, 0.1) is 13.1 Å². The van der Waals surface area contributed by atoms with Crippen molar-refractivity contribution >= 4 is 11.5 Å². The molecule has 2 rings (SSSR count). The zero-order chi connectivity index (χ0) is 18.3. The predicted molar refractivity (Wildman–Crippen MR) is 106 cm³/mol. The van der Waals surface area contributed by atoms with Crippen LogP contribution in [0.15, 0.2) is 54.6 Å². The van der Waals surface area contributed by atoms with Crippen molar-refractivity contribution in [3.63, 3.8) is 0 Å². The minimum atomic E-state index is -0.0210. The maximum atomic E-state index is 8.00. The molecule has 0 saturated carbocycles. The first-order valence-electron chi connectivity index (χ1n) is 8.72. The van der Waals surface area contributed by atoms with E-state index in [1.165, 1.54) is 5.56 Å². The first-order chi connectivity index (χ1) is 11.8. The van der Waals surface area contributed by atoms with Crippen molar-refractivity contribution in [1.82, 2.24) is 5.32 Å². The van der Waals surface area contributed by atoms with Gasteiger partial charge in [-0.1, -0.05) is 51.1 Å². The summed E-state index contributed by atoms with van der Waals surface area (Å²) >= 11 is 0. The van der Waals surface area contributed by atoms with E-state index in [0.717, 1.165) is 11.4 Å². The molecular weight excluding hydrogens is 310 g/mol. The van der Waals surface area contributed by atoms with Crippen LogP contribution in [0.25, 0.3) is 0 Å². The van der Waals surface area contributed by atoms with Crippen LogP contribution in [0.4, 0.5) is 5.69 Å². The molecule has 0 aliphatic rings. The molecule has 0 fully saturated rings. The summed E-state index contributed by atoms with van der Waals surface area (Å²) in [7, 11) is 0. The minimum Gasteiger partial charge on any atom is -0.489 e. The highest BCUT2D eigenvalue weighted by Crippen LogP contribution is 2.25. The Morgan fingerprint density at radius 2 is 1.80 bits per heavy atom. The summed E-state index contributed by atoms with van der Waals surface area (Å²) in [5.41, 5.74) is 2.37. The zero-order valence-corrected chi connectivity index (χ0v) is 15.6. The number of ether oxygens (including phenoxy) is 1. The normalized spacial score (nSPS) is 12.3. The molecule has 3 N–H and O–H groups in total. The quantitative estimate of drug-likeness (QED) is 0.517. The van der Waals surface area contributed by atoms with Crippen LogP contribution in [0, 0.1) is 5.41 Å². The van der Waals surface area contributed by atoms with Gasteiger partial charge in [0.25, 0.3) is 0 Å². The SMILES string of the molecule is CC(CNC(=N)CNc1ccccc1)Oc1cccc(C(C)(C)C)c1. The molecular formula is C21H29N3O. The molecule has 1 unspecified atom stereocenters. The predicted octanol–water partition coefficient (Wildman–Crippen LogP) is 4.43. The molecule has 0 heterocycles. The third-order valence-electron chi connectivity index (χ3n) is 3.88. The van der Waals surface area contributed by atoms with E-state index in [4.69, 9.17) is 10.1 Å². The molecule has 0 bridgehead atoms. The van der Waals surface area contributed by atoms with Gasteiger partial charge in [-0.05, 0) is 42.2 Å². The summed E-state index contributed by atoms with van der Waals surface area (Å²) in [6, 6.07) is 18.1. The fraction of sp³-hybridized carbons (Fsp3) is 0.381. The van der Waals surface area contributed by atoms with Crippen LogP contribution in [0.3, 0.4) is 0 Å². The second kappa shape index (κ2) is 8.56. The van der Waals surface area contributed by atoms with Gasteiger partial charge >= 0.3 is 0 Å². The molecule has 0 spiro atoms. The number of benzene rings is 2. The molecule has 0 amide bonds. The Kier molecular flexibility index (Phi) is 6.45. The van der Waals surface area contributed by atoms with Crippen molar-refractivity contribution in [3.05, 3.63) is 60.2 Å². The lowest BCUT2D eigenvalue weighted by atomic mass is 9.87. The van der Waals surface area contributed by atoms with Crippen molar-refractivity contribution in [3.8, 4) is 5.75 Å². The average molecular weight is 339 g/mol. The van der Waals surface area contributed by atoms with Crippen molar-refractivity contribution in [1.29, 1.82) is 5.41 Å². The second-order valence-corrected chi connectivity index (χ2v) is 7.29. The highest BCUT2D eigenvalue weighted by molar-refractivity contribution is 5.83. The fourth-order valence-electron chi connectivity index (χ4n) is 2.39. The molecule has 1 atom stereocenters. The third kappa shape index (κ3) is 6.49. The Balaban J connectivity index is 1.76. The topological polar surface area (TPSA) is 57.1 Å². The highest BCUT2D eigenvalue weighted by Gasteiger charge is 2.14. The van der Waals surface area contributed by atoms with Crippen molar-refractivity contribution in [2.24, 2.45) is 0 Å². The van der Waals surface area contributed by atoms with Crippen molar-refractivity contribution in [2.45, 2.75) is 39.2 Å². The molecule has 0 aliphatic heterocycles. The third-order valence-corrected chi connectivity index (χ3v) is 3.88. The van der Waals surface area contributed by atoms with Crippen LogP contribution >= 0.6 is 0 Å². The highest BCUT2D eigenvalue weighted by atomic mass is 16.5. The van der Waals surface area contributed by atoms with Gasteiger partial charge in [0, 0.05) is 5.69 Å². The molecule has 0 radical (unpaired) electrons. The van der Waals surface area contributed by atoms with Crippen LogP contribution < -0.4 is 15.4 Å². The standard InChI is InChI=1S/C21H29N3O/c1-16(25-19-12-8-9-17(13-19)21(2,3)4)14-24-20(22)15-23-18-10-6-5-7-11-18/h5-13,16,23H,14-15H2,1-4H3,(H2,22,24). The summed E-state index contributed by atoms with van der Waals surface area (Å²) in [5, 5.41) is 14.3. The van der Waals surface area contributed by atoms with E-state index in [9.17, 15) is 0 Å². The van der Waals surface area contributed by atoms with Gasteiger partial charge in [-0.2, -0.15) is 0 Å². The first-order valence-corrected chi connectivity index (χ1v) is 8.72. The summed E-state index contributed by atoms with van der Waals surface area (Å²) in [5.74, 6) is 1.32. The van der Waals surface area contributed by atoms with E-state index < -0.39 is 0 Å². The molecule has 134 valence electrons. The van der Waals surface area contributed by atoms with Crippen LogP contribution in [0.1, 0.15) is 33.3 Å². The molecule has 4 heteroatoms. The maximum absolute atomic E-state index is 8.00. The lowest BCUT2D eigenvalue weighted by Crippen LogP contribution is -2.36. The molecule has 2 aromatic rings. The average Bonchev–Trinajstić information content (AvgIpc) is 2.58. The van der Waals surface area contributed by atoms with E-state index in [0.29, 0.717) is 18.9 Å². The monoisotopic (exact) mass is 339 g/mol.